The van der Waals surface area contributed by atoms with Crippen LogP contribution >= 0.6 is 11.8 Å². The molecule has 0 N–H and O–H groups in total. The minimum absolute atomic E-state index is 0.0331. The molecule has 0 aliphatic carbocycles. The van der Waals surface area contributed by atoms with E-state index in [9.17, 15) is 40.7 Å². The van der Waals surface area contributed by atoms with Crippen LogP contribution in [0.25, 0.3) is 0 Å². The van der Waals surface area contributed by atoms with Crippen LogP contribution < -0.4 is 0 Å². The Labute approximate surface area is 222 Å². The van der Waals surface area contributed by atoms with E-state index in [1.807, 2.05) is 0 Å². The maximum atomic E-state index is 13.5. The average molecular weight is 568 g/mol. The molecule has 0 radical (unpaired) electrons. The molecule has 4 rings (SSSR count). The summed E-state index contributed by atoms with van der Waals surface area (Å²) in [5.74, 6) is -2.86. The summed E-state index contributed by atoms with van der Waals surface area (Å²) in [4.78, 5) is 39.4. The Bertz CT molecular complexity index is 1340. The van der Waals surface area contributed by atoms with Crippen LogP contribution in [0.15, 0.2) is 77.7 Å². The summed E-state index contributed by atoms with van der Waals surface area (Å²) in [6, 6.07) is 13.6. The van der Waals surface area contributed by atoms with Crippen molar-refractivity contribution in [3.8, 4) is 0 Å². The highest BCUT2D eigenvalue weighted by atomic mass is 32.2. The Morgan fingerprint density at radius 1 is 0.744 bits per heavy atom. The number of ether oxygens (including phenoxy) is 2. The van der Waals surface area contributed by atoms with Crippen molar-refractivity contribution in [3.63, 3.8) is 0 Å². The molecule has 0 atom stereocenters. The molecule has 12 heteroatoms. The summed E-state index contributed by atoms with van der Waals surface area (Å²) in [5, 5.41) is 0. The number of alkyl halides is 6. The molecule has 0 amide bonds. The molecule has 0 unspecified atom stereocenters. The second-order valence-corrected chi connectivity index (χ2v) is 9.72. The van der Waals surface area contributed by atoms with Crippen LogP contribution in [0, 0.1) is 5.41 Å². The molecule has 0 aromatic heterocycles. The number of fused-ring (bicyclic) bond motifs is 1. The zero-order chi connectivity index (χ0) is 28.4. The van der Waals surface area contributed by atoms with E-state index in [0.717, 1.165) is 36.4 Å². The number of rotatable bonds is 6. The largest absolute Gasteiger partial charge is 0.461 e. The number of esters is 2. The Kier molecular flexibility index (Phi) is 7.78. The molecule has 3 aromatic carbocycles. The van der Waals surface area contributed by atoms with Gasteiger partial charge >= 0.3 is 24.3 Å². The fourth-order valence-corrected chi connectivity index (χ4v) is 5.04. The molecule has 1 aliphatic heterocycles. The van der Waals surface area contributed by atoms with Crippen molar-refractivity contribution in [2.24, 2.45) is 5.41 Å². The van der Waals surface area contributed by atoms with Gasteiger partial charge in [-0.1, -0.05) is 30.3 Å². The minimum atomic E-state index is -4.70. The summed E-state index contributed by atoms with van der Waals surface area (Å²) in [5.41, 5.74) is -4.35. The monoisotopic (exact) mass is 568 g/mol. The maximum absolute atomic E-state index is 13.5. The number of benzene rings is 3. The highest BCUT2D eigenvalue weighted by molar-refractivity contribution is 7.99. The summed E-state index contributed by atoms with van der Waals surface area (Å²) < 4.78 is 88.8. The summed E-state index contributed by atoms with van der Waals surface area (Å²) in [7, 11) is 0. The predicted octanol–water partition coefficient (Wildman–Crippen LogP) is 6.71. The third-order valence-corrected chi connectivity index (χ3v) is 7.29. The molecule has 39 heavy (non-hydrogen) atoms. The quantitative estimate of drug-likeness (QED) is 0.243. The Morgan fingerprint density at radius 3 is 1.72 bits per heavy atom. The van der Waals surface area contributed by atoms with Crippen LogP contribution in [0.2, 0.25) is 0 Å². The number of Topliss-reactive ketones (excluding diaryl/α,β-unsaturated/α-hetero) is 1. The molecule has 204 valence electrons. The van der Waals surface area contributed by atoms with Crippen LogP contribution in [-0.2, 0) is 21.8 Å². The van der Waals surface area contributed by atoms with Gasteiger partial charge in [-0.3, -0.25) is 4.79 Å². The highest BCUT2D eigenvalue weighted by Crippen LogP contribution is 2.41. The first kappa shape index (κ1) is 28.2. The van der Waals surface area contributed by atoms with Gasteiger partial charge in [0.2, 0.25) is 0 Å². The molecule has 1 aliphatic rings. The summed E-state index contributed by atoms with van der Waals surface area (Å²) >= 11 is 1.21. The van der Waals surface area contributed by atoms with Crippen molar-refractivity contribution in [1.82, 2.24) is 0 Å². The number of halogens is 6. The van der Waals surface area contributed by atoms with Gasteiger partial charge in [0.25, 0.3) is 0 Å². The van der Waals surface area contributed by atoms with Gasteiger partial charge in [0.15, 0.2) is 5.78 Å². The third-order valence-electron chi connectivity index (χ3n) is 5.93. The van der Waals surface area contributed by atoms with E-state index in [1.165, 1.54) is 17.8 Å². The average Bonchev–Trinajstić information content (AvgIpc) is 2.91. The standard InChI is InChI=1S/C27H18F6O5S/c28-26(29,30)18-7-3-5-16(11-18)23(35)37-13-25(15-39-21-10-2-1-9-20(21)22(25)34)14-38-24(36)17-6-4-8-19(12-17)27(31,32)33/h1-12H,13-15H2. The number of ketones is 1. The van der Waals surface area contributed by atoms with E-state index in [2.05, 4.69) is 0 Å². The van der Waals surface area contributed by atoms with E-state index in [4.69, 9.17) is 9.47 Å². The lowest BCUT2D eigenvalue weighted by Crippen LogP contribution is -2.46. The van der Waals surface area contributed by atoms with Crippen molar-refractivity contribution in [3.05, 3.63) is 101 Å². The molecular weight excluding hydrogens is 550 g/mol. The summed E-state index contributed by atoms with van der Waals surface area (Å²) in [6.07, 6.45) is -9.40. The van der Waals surface area contributed by atoms with Crippen LogP contribution in [0.1, 0.15) is 42.2 Å². The minimum Gasteiger partial charge on any atom is -0.461 e. The maximum Gasteiger partial charge on any atom is 0.416 e. The lowest BCUT2D eigenvalue weighted by atomic mass is 9.82. The topological polar surface area (TPSA) is 69.7 Å². The van der Waals surface area contributed by atoms with Crippen molar-refractivity contribution in [1.29, 1.82) is 0 Å². The van der Waals surface area contributed by atoms with Gasteiger partial charge in [-0.25, -0.2) is 9.59 Å². The van der Waals surface area contributed by atoms with Crippen molar-refractivity contribution in [2.75, 3.05) is 19.0 Å². The van der Waals surface area contributed by atoms with Crippen LogP contribution in [0.5, 0.6) is 0 Å². The number of hydrogen-bond acceptors (Lipinski definition) is 6. The fraction of sp³-hybridized carbons (Fsp3) is 0.222. The number of carbonyl (C=O) groups excluding carboxylic acids is 3. The second-order valence-electron chi connectivity index (χ2n) is 8.70. The molecule has 0 saturated heterocycles. The van der Waals surface area contributed by atoms with Crippen molar-refractivity contribution < 1.29 is 50.2 Å². The van der Waals surface area contributed by atoms with Gasteiger partial charge in [0.1, 0.15) is 18.6 Å². The van der Waals surface area contributed by atoms with Crippen LogP contribution in [0.3, 0.4) is 0 Å². The highest BCUT2D eigenvalue weighted by Gasteiger charge is 2.46. The first-order valence-electron chi connectivity index (χ1n) is 11.3. The Hall–Kier alpha value is -3.80. The van der Waals surface area contributed by atoms with Crippen molar-refractivity contribution in [2.45, 2.75) is 17.2 Å². The van der Waals surface area contributed by atoms with E-state index < -0.39 is 71.0 Å². The molecule has 3 aromatic rings. The molecule has 0 saturated carbocycles. The lowest BCUT2D eigenvalue weighted by Gasteiger charge is -2.35. The van der Waals surface area contributed by atoms with Crippen molar-refractivity contribution >= 4 is 29.5 Å². The third kappa shape index (κ3) is 6.27. The number of thioether (sulfide) groups is 1. The van der Waals surface area contributed by atoms with E-state index >= 15 is 0 Å². The van der Waals surface area contributed by atoms with Gasteiger partial charge < -0.3 is 9.47 Å². The zero-order valence-electron chi connectivity index (χ0n) is 19.8. The van der Waals surface area contributed by atoms with Crippen LogP contribution in [-0.4, -0.2) is 36.7 Å². The molecule has 5 nitrogen and oxygen atoms in total. The van der Waals surface area contributed by atoms with Gasteiger partial charge in [-0.2, -0.15) is 26.3 Å². The first-order chi connectivity index (χ1) is 18.3. The van der Waals surface area contributed by atoms with E-state index in [0.29, 0.717) is 17.0 Å². The normalized spacial score (nSPS) is 14.9. The first-order valence-corrected chi connectivity index (χ1v) is 12.2. The molecule has 0 spiro atoms. The molecule has 1 heterocycles. The van der Waals surface area contributed by atoms with Gasteiger partial charge in [-0.15, -0.1) is 11.8 Å². The second kappa shape index (κ2) is 10.8. The Balaban J connectivity index is 1.57. The number of hydrogen-bond donors (Lipinski definition) is 0. The molecule has 0 bridgehead atoms. The predicted molar refractivity (Wildman–Crippen MR) is 127 cm³/mol. The van der Waals surface area contributed by atoms with Gasteiger partial charge in [0, 0.05) is 16.2 Å². The molecule has 0 fully saturated rings. The fourth-order valence-electron chi connectivity index (χ4n) is 3.82. The van der Waals surface area contributed by atoms with E-state index in [-0.39, 0.29) is 11.3 Å². The van der Waals surface area contributed by atoms with E-state index in [1.54, 1.807) is 18.2 Å². The number of carbonyl (C=O) groups is 3. The summed E-state index contributed by atoms with van der Waals surface area (Å²) in [6.45, 7) is -1.31. The van der Waals surface area contributed by atoms with Gasteiger partial charge in [-0.05, 0) is 42.5 Å². The SMILES string of the molecule is O=C(OCC1(COC(=O)c2cccc(C(F)(F)F)c2)CSc2ccccc2C1=O)c1cccc(C(F)(F)F)c1. The molecular formula is C27H18F6O5S. The zero-order valence-corrected chi connectivity index (χ0v) is 20.6. The van der Waals surface area contributed by atoms with Gasteiger partial charge in [0.05, 0.1) is 22.3 Å². The smallest absolute Gasteiger partial charge is 0.416 e. The lowest BCUT2D eigenvalue weighted by molar-refractivity contribution is -0.138. The Morgan fingerprint density at radius 2 is 1.23 bits per heavy atom. The van der Waals surface area contributed by atoms with Crippen LogP contribution in [0.4, 0.5) is 26.3 Å².